The molecule has 2 N–H and O–H groups in total. The van der Waals surface area contributed by atoms with Crippen LogP contribution in [0.25, 0.3) is 22.0 Å². The first-order valence-corrected chi connectivity index (χ1v) is 18.9. The minimum absolute atomic E-state index is 0.0978. The molecule has 3 amide bonds. The second kappa shape index (κ2) is 17.1. The summed E-state index contributed by atoms with van der Waals surface area (Å²) in [4.78, 5) is 68.9. The second-order valence-corrected chi connectivity index (χ2v) is 14.9. The van der Waals surface area contributed by atoms with E-state index in [0.717, 1.165) is 23.3 Å². The third-order valence-electron chi connectivity index (χ3n) is 11.3. The summed E-state index contributed by atoms with van der Waals surface area (Å²) >= 11 is 0. The van der Waals surface area contributed by atoms with E-state index in [-0.39, 0.29) is 61.0 Å². The monoisotopic (exact) mass is 792 g/mol. The molecule has 1 fully saturated rings. The number of hydrogen-bond donors (Lipinski definition) is 2. The van der Waals surface area contributed by atoms with Crippen LogP contribution in [0.3, 0.4) is 0 Å². The van der Waals surface area contributed by atoms with Gasteiger partial charge in [0.05, 0.1) is 17.7 Å². The van der Waals surface area contributed by atoms with Gasteiger partial charge in [-0.15, -0.1) is 0 Å². The van der Waals surface area contributed by atoms with Crippen LogP contribution in [-0.2, 0) is 43.0 Å². The molecule has 4 aromatic rings. The van der Waals surface area contributed by atoms with Crippen LogP contribution in [0.15, 0.2) is 42.7 Å². The number of halogens is 3. The lowest BCUT2D eigenvalue weighted by Crippen LogP contribution is -2.60. The molecule has 1 saturated heterocycles. The van der Waals surface area contributed by atoms with E-state index in [4.69, 9.17) is 14.6 Å². The second-order valence-electron chi connectivity index (χ2n) is 14.9. The number of amides is 3. The SMILES string of the molecule is COC1CCC(=O)NC[C@H]2C[C@@H](C(=O)Nc3cccc(C(F)(F)F)n3)N(C(=O)Cn3nc(C(C)=O)c4cc(-c5cnc(C)nc5)cc(c43)CCC1OC)[C@H](C)[C@@H]2C. The van der Waals surface area contributed by atoms with Crippen molar-refractivity contribution in [2.24, 2.45) is 11.8 Å². The van der Waals surface area contributed by atoms with E-state index < -0.39 is 48.0 Å². The molecule has 6 atom stereocenters. The number of methoxy groups -OCH3 is 2. The molecule has 304 valence electrons. The standard InChI is InChI=1S/C40H47F3N8O6/c1-21-22(2)51-30(39(55)48-34-9-7-8-33(47-34)40(41,42)43)16-27(21)17-46-35(53)13-12-32(57-6)31(56-5)11-10-25-14-26(28-18-44-24(4)45-19-28)15-29-37(23(3)52)49-50(38(25)29)20-36(51)54/h7-9,14-15,18-19,21-22,27,30-32H,10-13,16-17,20H2,1-6H3,(H,46,53)(H,47,48,55)/t21-,22+,27+,30-,31?,32?/m0/s1. The van der Waals surface area contributed by atoms with Crippen LogP contribution in [0, 0.1) is 18.8 Å². The highest BCUT2D eigenvalue weighted by molar-refractivity contribution is 6.07. The van der Waals surface area contributed by atoms with E-state index in [0.29, 0.717) is 41.6 Å². The van der Waals surface area contributed by atoms with Gasteiger partial charge in [-0.25, -0.2) is 15.0 Å². The maximum absolute atomic E-state index is 14.7. The Kier molecular flexibility index (Phi) is 12.4. The zero-order valence-electron chi connectivity index (χ0n) is 32.7. The molecule has 0 saturated carbocycles. The summed E-state index contributed by atoms with van der Waals surface area (Å²) in [6, 6.07) is 5.24. The molecular formula is C40H47F3N8O6. The number of anilines is 1. The minimum Gasteiger partial charge on any atom is -0.379 e. The Morgan fingerprint density at radius 3 is 2.32 bits per heavy atom. The number of carbonyl (C=O) groups excluding carboxylic acids is 4. The Hall–Kier alpha value is -5.29. The smallest absolute Gasteiger partial charge is 0.379 e. The number of nitrogens with one attached hydrogen (secondary N) is 2. The van der Waals surface area contributed by atoms with Gasteiger partial charge in [-0.1, -0.05) is 13.0 Å². The van der Waals surface area contributed by atoms with E-state index in [2.05, 4.69) is 25.6 Å². The number of alkyl halides is 3. The van der Waals surface area contributed by atoms with Gasteiger partial charge in [0.1, 0.15) is 35.6 Å². The number of aromatic nitrogens is 5. The number of aryl methyl sites for hydroxylation is 2. The number of Topliss-reactive ketones (excluding diaryl/α,β-unsaturated/α-hetero) is 1. The number of carbonyl (C=O) groups is 4. The Balaban J connectivity index is 1.47. The van der Waals surface area contributed by atoms with Crippen molar-refractivity contribution in [2.75, 3.05) is 26.1 Å². The lowest BCUT2D eigenvalue weighted by molar-refractivity contribution is -0.148. The van der Waals surface area contributed by atoms with Gasteiger partial charge >= 0.3 is 6.18 Å². The number of pyridine rings is 1. The maximum atomic E-state index is 14.7. The number of benzene rings is 1. The fourth-order valence-corrected chi connectivity index (χ4v) is 8.02. The first kappa shape index (κ1) is 41.3. The number of fused-ring (bicyclic) bond motifs is 11. The maximum Gasteiger partial charge on any atom is 0.433 e. The van der Waals surface area contributed by atoms with E-state index in [1.165, 1.54) is 22.6 Å². The van der Waals surface area contributed by atoms with Gasteiger partial charge in [-0.3, -0.25) is 23.9 Å². The molecule has 3 aliphatic rings. The van der Waals surface area contributed by atoms with Crippen LogP contribution in [0.2, 0.25) is 0 Å². The average Bonchev–Trinajstić information content (AvgIpc) is 3.54. The van der Waals surface area contributed by atoms with E-state index in [9.17, 15) is 32.3 Å². The number of hydrogen-bond acceptors (Lipinski definition) is 10. The van der Waals surface area contributed by atoms with E-state index >= 15 is 0 Å². The first-order chi connectivity index (χ1) is 27.1. The number of rotatable bonds is 6. The number of nitrogens with zero attached hydrogens (tertiary/aromatic N) is 6. The lowest BCUT2D eigenvalue weighted by atomic mass is 9.77. The van der Waals surface area contributed by atoms with Crippen molar-refractivity contribution >= 4 is 40.2 Å². The first-order valence-electron chi connectivity index (χ1n) is 18.9. The molecule has 1 aromatic carbocycles. The zero-order valence-corrected chi connectivity index (χ0v) is 32.7. The fourth-order valence-electron chi connectivity index (χ4n) is 8.02. The molecule has 14 nitrogen and oxygen atoms in total. The summed E-state index contributed by atoms with van der Waals surface area (Å²) in [6.45, 7) is 6.74. The quantitative estimate of drug-likeness (QED) is 0.249. The summed E-state index contributed by atoms with van der Waals surface area (Å²) in [5.74, 6) is -2.01. The van der Waals surface area contributed by atoms with Gasteiger partial charge in [0.2, 0.25) is 17.7 Å². The van der Waals surface area contributed by atoms with Crippen LogP contribution in [-0.4, -0.2) is 98.2 Å². The van der Waals surface area contributed by atoms with Crippen molar-refractivity contribution in [3.63, 3.8) is 0 Å². The van der Waals surface area contributed by atoms with Crippen molar-refractivity contribution in [1.82, 2.24) is 34.9 Å². The summed E-state index contributed by atoms with van der Waals surface area (Å²) < 4.78 is 53.8. The van der Waals surface area contributed by atoms with E-state index in [1.807, 2.05) is 19.1 Å². The molecule has 6 heterocycles. The summed E-state index contributed by atoms with van der Waals surface area (Å²) in [5, 5.41) is 10.7. The molecule has 0 aliphatic carbocycles. The van der Waals surface area contributed by atoms with Crippen molar-refractivity contribution in [2.45, 2.75) is 96.8 Å². The average molecular weight is 793 g/mol. The van der Waals surface area contributed by atoms with Crippen LogP contribution >= 0.6 is 0 Å². The molecule has 2 bridgehead atoms. The highest BCUT2D eigenvalue weighted by atomic mass is 19.4. The van der Waals surface area contributed by atoms with Gasteiger partial charge in [0, 0.05) is 63.5 Å². The van der Waals surface area contributed by atoms with Crippen molar-refractivity contribution in [1.29, 1.82) is 0 Å². The Labute approximate surface area is 327 Å². The Bertz CT molecular complexity index is 2140. The molecule has 57 heavy (non-hydrogen) atoms. The lowest BCUT2D eigenvalue weighted by Gasteiger charge is -2.47. The third kappa shape index (κ3) is 8.99. The summed E-state index contributed by atoms with van der Waals surface area (Å²) in [6.07, 6.45) is -0.790. The van der Waals surface area contributed by atoms with Gasteiger partial charge in [-0.05, 0) is 86.8 Å². The molecule has 0 radical (unpaired) electrons. The predicted octanol–water partition coefficient (Wildman–Crippen LogP) is 5.17. The van der Waals surface area contributed by atoms with Crippen LogP contribution < -0.4 is 10.6 Å². The van der Waals surface area contributed by atoms with Crippen molar-refractivity contribution in [3.8, 4) is 11.1 Å². The highest BCUT2D eigenvalue weighted by Crippen LogP contribution is 2.36. The fraction of sp³-hybridized carbons (Fsp3) is 0.500. The van der Waals surface area contributed by atoms with Crippen LogP contribution in [0.4, 0.5) is 19.0 Å². The number of piperidine rings is 1. The van der Waals surface area contributed by atoms with Gasteiger partial charge in [0.25, 0.3) is 0 Å². The normalized spacial score (nSPS) is 23.8. The van der Waals surface area contributed by atoms with Crippen molar-refractivity contribution < 1.29 is 41.8 Å². The Morgan fingerprint density at radius 2 is 1.67 bits per heavy atom. The molecular weight excluding hydrogens is 745 g/mol. The highest BCUT2D eigenvalue weighted by Gasteiger charge is 2.45. The minimum atomic E-state index is -4.74. The molecule has 7 rings (SSSR count). The van der Waals surface area contributed by atoms with Gasteiger partial charge < -0.3 is 25.0 Å². The largest absolute Gasteiger partial charge is 0.433 e. The molecule has 3 aromatic heterocycles. The molecule has 0 spiro atoms. The molecule has 3 aliphatic heterocycles. The topological polar surface area (TPSA) is 171 Å². The zero-order chi connectivity index (χ0) is 41.2. The number of ether oxygens (including phenoxy) is 2. The van der Waals surface area contributed by atoms with E-state index in [1.54, 1.807) is 40.5 Å². The third-order valence-corrected chi connectivity index (χ3v) is 11.3. The Morgan fingerprint density at radius 1 is 0.982 bits per heavy atom. The summed E-state index contributed by atoms with van der Waals surface area (Å²) in [7, 11) is 3.14. The number of ketones is 1. The predicted molar refractivity (Wildman–Crippen MR) is 203 cm³/mol. The van der Waals surface area contributed by atoms with Crippen LogP contribution in [0.1, 0.15) is 74.0 Å². The van der Waals surface area contributed by atoms with Crippen molar-refractivity contribution in [3.05, 3.63) is 65.5 Å². The summed E-state index contributed by atoms with van der Waals surface area (Å²) in [5.41, 5.74) is 1.69. The molecule has 17 heteroatoms. The van der Waals surface area contributed by atoms with Gasteiger partial charge in [0.15, 0.2) is 5.78 Å². The van der Waals surface area contributed by atoms with Crippen LogP contribution in [0.5, 0.6) is 0 Å². The molecule has 2 unspecified atom stereocenters. The van der Waals surface area contributed by atoms with Gasteiger partial charge in [-0.2, -0.15) is 18.3 Å².